The van der Waals surface area contributed by atoms with Gasteiger partial charge < -0.3 is 10.1 Å². The maximum atomic E-state index is 12.6. The summed E-state index contributed by atoms with van der Waals surface area (Å²) in [4.78, 5) is 24.5. The molecule has 2 aromatic carbocycles. The van der Waals surface area contributed by atoms with Crippen molar-refractivity contribution in [3.8, 4) is 5.75 Å². The summed E-state index contributed by atoms with van der Waals surface area (Å²) in [7, 11) is -3.70. The van der Waals surface area contributed by atoms with Crippen molar-refractivity contribution in [1.29, 1.82) is 0 Å². The standard InChI is InChI=1S/C19H19ClN2O5S/c1-12(2)27-17-6-4-3-5-16(17)21-19(24)14-8-7-13(11-15(14)20)22-18(23)9-10-28(22,25)26/h3-8,11-12H,9-10H2,1-2H3,(H,21,24). The number of hydrogen-bond acceptors (Lipinski definition) is 5. The van der Waals surface area contributed by atoms with Crippen LogP contribution in [0.5, 0.6) is 5.75 Å². The topological polar surface area (TPSA) is 92.8 Å². The average Bonchev–Trinajstić information content (AvgIpc) is 2.88. The second-order valence-corrected chi connectivity index (χ2v) is 8.85. The Balaban J connectivity index is 1.86. The molecular formula is C19H19ClN2O5S. The number of nitrogens with zero attached hydrogens (tertiary/aromatic N) is 1. The molecule has 1 aliphatic heterocycles. The van der Waals surface area contributed by atoms with Crippen molar-refractivity contribution in [1.82, 2.24) is 0 Å². The van der Waals surface area contributed by atoms with E-state index in [-0.39, 0.29) is 34.6 Å². The number of benzene rings is 2. The Morgan fingerprint density at radius 1 is 1.21 bits per heavy atom. The first-order chi connectivity index (χ1) is 13.2. The zero-order valence-electron chi connectivity index (χ0n) is 15.3. The third-order valence-corrected chi connectivity index (χ3v) is 6.01. The zero-order valence-corrected chi connectivity index (χ0v) is 16.9. The van der Waals surface area contributed by atoms with E-state index in [4.69, 9.17) is 16.3 Å². The minimum absolute atomic E-state index is 0.0344. The van der Waals surface area contributed by atoms with Crippen molar-refractivity contribution < 1.29 is 22.7 Å². The van der Waals surface area contributed by atoms with Crippen LogP contribution >= 0.6 is 11.6 Å². The van der Waals surface area contributed by atoms with Gasteiger partial charge >= 0.3 is 0 Å². The fraction of sp³-hybridized carbons (Fsp3) is 0.263. The molecule has 0 saturated carbocycles. The SMILES string of the molecule is CC(C)Oc1ccccc1NC(=O)c1ccc(N2C(=O)CCS2(=O)=O)cc1Cl. The summed E-state index contributed by atoms with van der Waals surface area (Å²) in [6.07, 6.45) is -0.143. The first kappa shape index (κ1) is 20.2. The van der Waals surface area contributed by atoms with E-state index in [1.54, 1.807) is 24.3 Å². The second-order valence-electron chi connectivity index (χ2n) is 6.51. The average molecular weight is 423 g/mol. The molecule has 28 heavy (non-hydrogen) atoms. The maximum absolute atomic E-state index is 12.6. The highest BCUT2D eigenvalue weighted by Gasteiger charge is 2.36. The Morgan fingerprint density at radius 3 is 2.54 bits per heavy atom. The summed E-state index contributed by atoms with van der Waals surface area (Å²) in [6, 6.07) is 11.1. The largest absolute Gasteiger partial charge is 0.489 e. The van der Waals surface area contributed by atoms with E-state index in [9.17, 15) is 18.0 Å². The molecule has 7 nitrogen and oxygen atoms in total. The first-order valence-electron chi connectivity index (χ1n) is 8.61. The number of halogens is 1. The minimum Gasteiger partial charge on any atom is -0.489 e. The quantitative estimate of drug-likeness (QED) is 0.796. The molecule has 2 amide bonds. The van der Waals surface area contributed by atoms with E-state index in [2.05, 4.69) is 5.32 Å². The summed E-state index contributed by atoms with van der Waals surface area (Å²) in [6.45, 7) is 3.75. The number of sulfonamides is 1. The zero-order chi connectivity index (χ0) is 20.5. The number of hydrogen-bond donors (Lipinski definition) is 1. The van der Waals surface area contributed by atoms with Gasteiger partial charge in [0.05, 0.1) is 33.8 Å². The molecule has 0 bridgehead atoms. The molecule has 1 N–H and O–H groups in total. The summed E-state index contributed by atoms with van der Waals surface area (Å²) in [5.41, 5.74) is 0.750. The van der Waals surface area contributed by atoms with Gasteiger partial charge in [0, 0.05) is 6.42 Å². The van der Waals surface area contributed by atoms with Gasteiger partial charge in [-0.1, -0.05) is 23.7 Å². The molecule has 1 aliphatic rings. The van der Waals surface area contributed by atoms with Crippen molar-refractivity contribution in [3.63, 3.8) is 0 Å². The summed E-state index contributed by atoms with van der Waals surface area (Å²) >= 11 is 6.21. The highest BCUT2D eigenvalue weighted by Crippen LogP contribution is 2.31. The van der Waals surface area contributed by atoms with Crippen molar-refractivity contribution in [2.45, 2.75) is 26.4 Å². The summed E-state index contributed by atoms with van der Waals surface area (Å²) in [5, 5.41) is 2.77. The van der Waals surface area contributed by atoms with Gasteiger partial charge in [-0.25, -0.2) is 12.7 Å². The van der Waals surface area contributed by atoms with Gasteiger partial charge in [-0.3, -0.25) is 9.59 Å². The van der Waals surface area contributed by atoms with E-state index in [0.29, 0.717) is 11.4 Å². The highest BCUT2D eigenvalue weighted by molar-refractivity contribution is 7.94. The van der Waals surface area contributed by atoms with Crippen LogP contribution in [0, 0.1) is 0 Å². The Morgan fingerprint density at radius 2 is 1.93 bits per heavy atom. The van der Waals surface area contributed by atoms with Crippen LogP contribution in [0.4, 0.5) is 11.4 Å². The molecular weight excluding hydrogens is 404 g/mol. The Kier molecular flexibility index (Phi) is 5.62. The van der Waals surface area contributed by atoms with Crippen LogP contribution in [0.15, 0.2) is 42.5 Å². The number of anilines is 2. The van der Waals surface area contributed by atoms with Crippen LogP contribution in [0.2, 0.25) is 5.02 Å². The lowest BCUT2D eigenvalue weighted by atomic mass is 10.1. The molecule has 1 fully saturated rings. The van der Waals surface area contributed by atoms with Gasteiger partial charge in [0.1, 0.15) is 5.75 Å². The summed E-state index contributed by atoms with van der Waals surface area (Å²) in [5.74, 6) is -0.717. The van der Waals surface area contributed by atoms with Crippen LogP contribution in [0.3, 0.4) is 0 Å². The maximum Gasteiger partial charge on any atom is 0.257 e. The predicted molar refractivity (Wildman–Crippen MR) is 108 cm³/mol. The van der Waals surface area contributed by atoms with Gasteiger partial charge in [-0.05, 0) is 44.2 Å². The number of para-hydroxylation sites is 2. The molecule has 0 spiro atoms. The van der Waals surface area contributed by atoms with Crippen molar-refractivity contribution >= 4 is 44.8 Å². The number of carbonyl (C=O) groups is 2. The molecule has 0 radical (unpaired) electrons. The highest BCUT2D eigenvalue weighted by atomic mass is 35.5. The Labute approximate surface area is 168 Å². The molecule has 3 rings (SSSR count). The Hall–Kier alpha value is -2.58. The van der Waals surface area contributed by atoms with Gasteiger partial charge in [-0.2, -0.15) is 0 Å². The molecule has 0 aliphatic carbocycles. The number of nitrogens with one attached hydrogen (secondary N) is 1. The predicted octanol–water partition coefficient (Wildman–Crippen LogP) is 3.45. The van der Waals surface area contributed by atoms with Gasteiger partial charge in [0.15, 0.2) is 0 Å². The van der Waals surface area contributed by atoms with E-state index < -0.39 is 21.8 Å². The lowest BCUT2D eigenvalue weighted by molar-refractivity contribution is -0.116. The van der Waals surface area contributed by atoms with E-state index in [0.717, 1.165) is 4.31 Å². The molecule has 1 heterocycles. The fourth-order valence-electron chi connectivity index (χ4n) is 2.80. The smallest absolute Gasteiger partial charge is 0.257 e. The van der Waals surface area contributed by atoms with E-state index in [1.165, 1.54) is 18.2 Å². The number of carbonyl (C=O) groups excluding carboxylic acids is 2. The van der Waals surface area contributed by atoms with E-state index >= 15 is 0 Å². The minimum atomic E-state index is -3.70. The van der Waals surface area contributed by atoms with Crippen LogP contribution in [0.25, 0.3) is 0 Å². The molecule has 0 unspecified atom stereocenters. The Bertz CT molecular complexity index is 1040. The molecule has 9 heteroatoms. The van der Waals surface area contributed by atoms with Crippen LogP contribution in [-0.2, 0) is 14.8 Å². The number of amides is 2. The van der Waals surface area contributed by atoms with Crippen molar-refractivity contribution in [3.05, 3.63) is 53.1 Å². The second kappa shape index (κ2) is 7.81. The third-order valence-electron chi connectivity index (χ3n) is 4.01. The third kappa shape index (κ3) is 4.13. The first-order valence-corrected chi connectivity index (χ1v) is 10.6. The molecule has 148 valence electrons. The normalized spacial score (nSPS) is 15.7. The molecule has 2 aromatic rings. The van der Waals surface area contributed by atoms with Gasteiger partial charge in [0.2, 0.25) is 15.9 Å². The number of rotatable bonds is 5. The van der Waals surface area contributed by atoms with Gasteiger partial charge in [0.25, 0.3) is 5.91 Å². The molecule has 1 saturated heterocycles. The lowest BCUT2D eigenvalue weighted by Crippen LogP contribution is -2.29. The lowest BCUT2D eigenvalue weighted by Gasteiger charge is -2.17. The fourth-order valence-corrected chi connectivity index (χ4v) is 4.51. The van der Waals surface area contributed by atoms with E-state index in [1.807, 2.05) is 13.8 Å². The van der Waals surface area contributed by atoms with Crippen molar-refractivity contribution in [2.24, 2.45) is 0 Å². The van der Waals surface area contributed by atoms with Crippen LogP contribution in [-0.4, -0.2) is 32.1 Å². The van der Waals surface area contributed by atoms with Crippen molar-refractivity contribution in [2.75, 3.05) is 15.4 Å². The van der Waals surface area contributed by atoms with Crippen LogP contribution < -0.4 is 14.4 Å². The van der Waals surface area contributed by atoms with Crippen LogP contribution in [0.1, 0.15) is 30.6 Å². The molecule has 0 aromatic heterocycles. The monoisotopic (exact) mass is 422 g/mol. The molecule has 0 atom stereocenters. The number of ether oxygens (including phenoxy) is 1. The summed E-state index contributed by atoms with van der Waals surface area (Å²) < 4.78 is 30.5. The van der Waals surface area contributed by atoms with Gasteiger partial charge in [-0.15, -0.1) is 0 Å².